The maximum atomic E-state index is 14.5. The predicted octanol–water partition coefficient (Wildman–Crippen LogP) is 4.40. The van der Waals surface area contributed by atoms with E-state index in [-0.39, 0.29) is 77.9 Å². The average molecular weight is 786 g/mol. The number of aromatic nitrogens is 6. The van der Waals surface area contributed by atoms with E-state index < -0.39 is 41.3 Å². The van der Waals surface area contributed by atoms with Gasteiger partial charge in [0.25, 0.3) is 11.5 Å². The minimum atomic E-state index is -4.64. The van der Waals surface area contributed by atoms with Gasteiger partial charge in [-0.15, -0.1) is 16.4 Å². The molecule has 4 aromatic heterocycles. The largest absolute Gasteiger partial charge is 0.504 e. The number of nitrogens with zero attached hydrogens (tertiary/aromatic N) is 8. The molecular formula is C34H31ClF3N9O6S. The summed E-state index contributed by atoms with van der Waals surface area (Å²) in [7, 11) is 0. The molecule has 2 N–H and O–H groups in total. The van der Waals surface area contributed by atoms with E-state index in [0.717, 1.165) is 39.6 Å². The number of aromatic hydroxyl groups is 1. The molecule has 1 saturated heterocycles. The second-order valence-electron chi connectivity index (χ2n) is 13.0. The second kappa shape index (κ2) is 13.6. The quantitative estimate of drug-likeness (QED) is 0.259. The average Bonchev–Trinajstić information content (AvgIpc) is 3.79. The first-order valence-corrected chi connectivity index (χ1v) is 18.1. The van der Waals surface area contributed by atoms with Crippen molar-refractivity contribution in [3.05, 3.63) is 79.1 Å². The number of benzene rings is 1. The van der Waals surface area contributed by atoms with Crippen LogP contribution in [-0.2, 0) is 33.5 Å². The smallest absolute Gasteiger partial charge is 0.416 e. The van der Waals surface area contributed by atoms with Crippen molar-refractivity contribution in [3.63, 3.8) is 0 Å². The zero-order valence-electron chi connectivity index (χ0n) is 28.7. The van der Waals surface area contributed by atoms with Crippen molar-refractivity contribution >= 4 is 51.9 Å². The Kier molecular flexibility index (Phi) is 9.06. The van der Waals surface area contributed by atoms with Crippen LogP contribution in [0.25, 0.3) is 16.5 Å². The molecule has 2 atom stereocenters. The lowest BCUT2D eigenvalue weighted by Gasteiger charge is -2.39. The number of alkyl halides is 3. The summed E-state index contributed by atoms with van der Waals surface area (Å²) < 4.78 is 54.4. The number of nitrogens with one attached hydrogen (secondary N) is 1. The number of anilines is 2. The van der Waals surface area contributed by atoms with Crippen LogP contribution in [0.1, 0.15) is 56.9 Å². The van der Waals surface area contributed by atoms with Crippen molar-refractivity contribution in [1.29, 1.82) is 0 Å². The first-order valence-electron chi connectivity index (χ1n) is 16.9. The molecule has 0 spiro atoms. The number of hydrogen-bond donors (Lipinski definition) is 2. The molecule has 1 aromatic carbocycles. The summed E-state index contributed by atoms with van der Waals surface area (Å²) in [5, 5.41) is 17.4. The highest BCUT2D eigenvalue weighted by Gasteiger charge is 2.39. The van der Waals surface area contributed by atoms with E-state index in [4.69, 9.17) is 26.1 Å². The zero-order valence-corrected chi connectivity index (χ0v) is 30.3. The van der Waals surface area contributed by atoms with E-state index in [1.807, 2.05) is 6.07 Å². The highest BCUT2D eigenvalue weighted by molar-refractivity contribution is 7.15. The Morgan fingerprint density at radius 1 is 1.13 bits per heavy atom. The molecule has 2 amide bonds. The van der Waals surface area contributed by atoms with Gasteiger partial charge in [-0.05, 0) is 50.1 Å². The fourth-order valence-electron chi connectivity index (χ4n) is 6.88. The number of carbonyl (C=O) groups excluding carboxylic acids is 2. The van der Waals surface area contributed by atoms with Crippen LogP contribution in [-0.4, -0.2) is 90.3 Å². The minimum Gasteiger partial charge on any atom is -0.504 e. The van der Waals surface area contributed by atoms with Crippen molar-refractivity contribution in [1.82, 2.24) is 34.0 Å². The summed E-state index contributed by atoms with van der Waals surface area (Å²) in [4.78, 5) is 59.7. The van der Waals surface area contributed by atoms with Gasteiger partial charge in [-0.1, -0.05) is 11.6 Å². The van der Waals surface area contributed by atoms with Gasteiger partial charge < -0.3 is 29.7 Å². The molecule has 1 fully saturated rings. The third kappa shape index (κ3) is 6.23. The van der Waals surface area contributed by atoms with Crippen LogP contribution in [0, 0.1) is 6.92 Å². The molecule has 54 heavy (non-hydrogen) atoms. The van der Waals surface area contributed by atoms with Crippen molar-refractivity contribution in [2.75, 3.05) is 49.6 Å². The summed E-state index contributed by atoms with van der Waals surface area (Å²) in [6.07, 6.45) is -3.44. The molecule has 8 rings (SSSR count). The van der Waals surface area contributed by atoms with Gasteiger partial charge in [0.05, 0.1) is 58.5 Å². The second-order valence-corrected chi connectivity index (χ2v) is 14.6. The summed E-state index contributed by atoms with van der Waals surface area (Å²) in [5.74, 6) is -1.15. The number of thiophene rings is 1. The normalized spacial score (nSPS) is 18.8. The van der Waals surface area contributed by atoms with Crippen LogP contribution < -0.4 is 15.8 Å². The van der Waals surface area contributed by atoms with Gasteiger partial charge in [-0.25, -0.2) is 9.97 Å². The molecule has 282 valence electrons. The predicted molar refractivity (Wildman–Crippen MR) is 189 cm³/mol. The standard InChI is InChI=1S/C34H31ClF3N9O6S/c1-16-28(48)25(40-15-39-16)31(50)45-8-6-44(7-9-45)27-26-17(2)53-13-22(30(49)41-21-4-3-19(12-20(21)35)34(36,37)38)46(26)33-42-29(43-47(33)32(27)51)23-11-18-5-10-52-14-24(18)54-23/h3-4,11-12,15,17,22,48H,5-10,13-14H2,1-2H3,(H,41,49). The van der Waals surface area contributed by atoms with E-state index in [1.165, 1.54) is 22.6 Å². The zero-order chi connectivity index (χ0) is 38.1. The first kappa shape index (κ1) is 35.9. The van der Waals surface area contributed by atoms with Crippen LogP contribution in [0.15, 0.2) is 35.4 Å². The molecule has 15 nitrogen and oxygen atoms in total. The summed E-state index contributed by atoms with van der Waals surface area (Å²) in [6, 6.07) is 3.42. The van der Waals surface area contributed by atoms with E-state index in [0.29, 0.717) is 23.8 Å². The van der Waals surface area contributed by atoms with Gasteiger partial charge in [0.2, 0.25) is 11.7 Å². The molecule has 3 aliphatic heterocycles. The lowest BCUT2D eigenvalue weighted by molar-refractivity contribution is -0.137. The number of ether oxygens (including phenoxy) is 2. The van der Waals surface area contributed by atoms with Gasteiger partial charge in [0.15, 0.2) is 17.3 Å². The molecular weight excluding hydrogens is 755 g/mol. The van der Waals surface area contributed by atoms with Crippen molar-refractivity contribution in [2.45, 2.75) is 45.2 Å². The van der Waals surface area contributed by atoms with Crippen LogP contribution >= 0.6 is 22.9 Å². The van der Waals surface area contributed by atoms with Gasteiger partial charge in [-0.2, -0.15) is 22.7 Å². The van der Waals surface area contributed by atoms with Crippen LogP contribution in [0.4, 0.5) is 24.5 Å². The Labute approximate surface area is 312 Å². The van der Waals surface area contributed by atoms with Crippen LogP contribution in [0.2, 0.25) is 5.02 Å². The Balaban J connectivity index is 1.20. The van der Waals surface area contributed by atoms with Gasteiger partial charge in [-0.3, -0.25) is 19.0 Å². The lowest BCUT2D eigenvalue weighted by Crippen LogP contribution is -2.51. The Morgan fingerprint density at radius 3 is 2.63 bits per heavy atom. The lowest BCUT2D eigenvalue weighted by atomic mass is 10.1. The highest BCUT2D eigenvalue weighted by Crippen LogP contribution is 2.39. The summed E-state index contributed by atoms with van der Waals surface area (Å²) in [5.41, 5.74) is 0.202. The van der Waals surface area contributed by atoms with Crippen LogP contribution in [0.3, 0.4) is 0 Å². The molecule has 0 saturated carbocycles. The van der Waals surface area contributed by atoms with E-state index >= 15 is 0 Å². The maximum Gasteiger partial charge on any atom is 0.416 e. The van der Waals surface area contributed by atoms with Crippen molar-refractivity contribution < 1.29 is 37.3 Å². The van der Waals surface area contributed by atoms with E-state index in [9.17, 15) is 32.7 Å². The maximum absolute atomic E-state index is 14.5. The number of carbonyl (C=O) groups is 2. The van der Waals surface area contributed by atoms with E-state index in [1.54, 1.807) is 23.3 Å². The molecule has 3 aliphatic rings. The van der Waals surface area contributed by atoms with E-state index in [2.05, 4.69) is 20.4 Å². The summed E-state index contributed by atoms with van der Waals surface area (Å²) >= 11 is 7.65. The van der Waals surface area contributed by atoms with Crippen LogP contribution in [0.5, 0.6) is 5.75 Å². The van der Waals surface area contributed by atoms with Crippen molar-refractivity contribution in [2.24, 2.45) is 0 Å². The molecule has 0 aliphatic carbocycles. The SMILES string of the molecule is Cc1ncnc(C(=O)N2CCN(c3c4n(c5nc(-c6cc7c(s6)COCC7)nn5c3=O)C(C(=O)Nc3ccc(C(F)(F)F)cc3Cl)COC4C)CC2)c1O. The number of rotatable bonds is 5. The summed E-state index contributed by atoms with van der Waals surface area (Å²) in [6.45, 7) is 4.85. The topological polar surface area (TPSA) is 169 Å². The molecule has 0 radical (unpaired) electrons. The third-order valence-electron chi connectivity index (χ3n) is 9.72. The Bertz CT molecular complexity index is 2370. The van der Waals surface area contributed by atoms with Gasteiger partial charge in [0.1, 0.15) is 18.1 Å². The molecule has 2 unspecified atom stereocenters. The number of aryl methyl sites for hydroxylation is 1. The molecule has 0 bridgehead atoms. The van der Waals surface area contributed by atoms with Crippen molar-refractivity contribution in [3.8, 4) is 16.5 Å². The number of amides is 2. The fourth-order valence-corrected chi connectivity index (χ4v) is 8.19. The van der Waals surface area contributed by atoms with Gasteiger partial charge >= 0.3 is 6.18 Å². The Hall–Kier alpha value is -5.11. The number of hydrogen-bond acceptors (Lipinski definition) is 12. The Morgan fingerprint density at radius 2 is 1.91 bits per heavy atom. The third-order valence-corrected chi connectivity index (χ3v) is 11.2. The fraction of sp³-hybridized carbons (Fsp3) is 0.382. The minimum absolute atomic E-state index is 0.0497. The number of piperazine rings is 1. The molecule has 7 heterocycles. The monoisotopic (exact) mass is 785 g/mol. The number of halogens is 4. The van der Waals surface area contributed by atoms with Gasteiger partial charge in [0, 0.05) is 31.1 Å². The molecule has 20 heteroatoms. The first-order chi connectivity index (χ1) is 25.8. The highest BCUT2D eigenvalue weighted by atomic mass is 35.5. The molecule has 5 aromatic rings. The number of fused-ring (bicyclic) bond motifs is 4.